The van der Waals surface area contributed by atoms with Crippen LogP contribution < -0.4 is 4.74 Å². The number of halogens is 1. The van der Waals surface area contributed by atoms with Crippen LogP contribution in [0.25, 0.3) is 0 Å². The summed E-state index contributed by atoms with van der Waals surface area (Å²) >= 11 is 0. The molecule has 1 aromatic carbocycles. The summed E-state index contributed by atoms with van der Waals surface area (Å²) in [6.07, 6.45) is 0.521. The first-order valence-corrected chi connectivity index (χ1v) is 4.11. The number of aldehydes is 1. The van der Waals surface area contributed by atoms with Crippen LogP contribution in [0.1, 0.15) is 10.4 Å². The van der Waals surface area contributed by atoms with Crippen molar-refractivity contribution in [1.82, 2.24) is 0 Å². The van der Waals surface area contributed by atoms with Gasteiger partial charge in [0.05, 0.1) is 7.11 Å². The van der Waals surface area contributed by atoms with Crippen LogP contribution in [0.3, 0.4) is 0 Å². The summed E-state index contributed by atoms with van der Waals surface area (Å²) in [7, 11) is 1.21. The average Bonchev–Trinajstić information content (AvgIpc) is 2.26. The molecule has 15 heavy (non-hydrogen) atoms. The Labute approximate surface area is 85.6 Å². The molecule has 5 heteroatoms. The Morgan fingerprint density at radius 1 is 1.53 bits per heavy atom. The number of hydrogen-bond acceptors (Lipinski definition) is 4. The van der Waals surface area contributed by atoms with Gasteiger partial charge in [-0.05, 0) is 18.2 Å². The van der Waals surface area contributed by atoms with E-state index < -0.39 is 11.8 Å². The predicted molar refractivity (Wildman–Crippen MR) is 49.3 cm³/mol. The van der Waals surface area contributed by atoms with Crippen molar-refractivity contribution in [2.75, 3.05) is 13.7 Å². The van der Waals surface area contributed by atoms with Crippen molar-refractivity contribution in [3.63, 3.8) is 0 Å². The molecule has 1 rings (SSSR count). The molecule has 0 N–H and O–H groups in total. The number of methoxy groups -OCH3 is 1. The van der Waals surface area contributed by atoms with Gasteiger partial charge in [0.2, 0.25) is 0 Å². The van der Waals surface area contributed by atoms with Crippen LogP contribution in [-0.4, -0.2) is 26.0 Å². The molecule has 0 aromatic heterocycles. The van der Waals surface area contributed by atoms with E-state index in [1.807, 2.05) is 0 Å². The molecular formula is C10H9FO4. The zero-order valence-corrected chi connectivity index (χ0v) is 8.03. The van der Waals surface area contributed by atoms with E-state index in [4.69, 9.17) is 4.74 Å². The molecule has 0 saturated carbocycles. The Balaban J connectivity index is 2.70. The van der Waals surface area contributed by atoms with Gasteiger partial charge in [0, 0.05) is 5.56 Å². The van der Waals surface area contributed by atoms with Crippen molar-refractivity contribution < 1.29 is 23.5 Å². The van der Waals surface area contributed by atoms with E-state index in [0.29, 0.717) is 6.29 Å². The van der Waals surface area contributed by atoms with Crippen LogP contribution in [-0.2, 0) is 9.53 Å². The number of hydrogen-bond donors (Lipinski definition) is 0. The molecule has 0 fully saturated rings. The summed E-state index contributed by atoms with van der Waals surface area (Å²) in [6, 6.07) is 3.70. The van der Waals surface area contributed by atoms with Gasteiger partial charge in [-0.3, -0.25) is 4.79 Å². The molecule has 0 aliphatic rings. The fourth-order valence-corrected chi connectivity index (χ4v) is 0.903. The first-order chi connectivity index (χ1) is 7.17. The quantitative estimate of drug-likeness (QED) is 0.555. The Bertz CT molecular complexity index is 376. The van der Waals surface area contributed by atoms with Crippen molar-refractivity contribution >= 4 is 12.3 Å². The van der Waals surface area contributed by atoms with E-state index in [1.165, 1.54) is 19.2 Å². The summed E-state index contributed by atoms with van der Waals surface area (Å²) in [6.45, 7) is -0.367. The minimum absolute atomic E-state index is 0.0917. The van der Waals surface area contributed by atoms with E-state index in [0.717, 1.165) is 6.07 Å². The normalized spacial score (nSPS) is 9.47. The number of carbonyl (C=O) groups is 2. The smallest absolute Gasteiger partial charge is 0.343 e. The zero-order valence-electron chi connectivity index (χ0n) is 8.03. The molecular weight excluding hydrogens is 203 g/mol. The highest BCUT2D eigenvalue weighted by molar-refractivity contribution is 5.75. The third kappa shape index (κ3) is 3.05. The highest BCUT2D eigenvalue weighted by Crippen LogP contribution is 2.17. The molecule has 0 saturated heterocycles. The van der Waals surface area contributed by atoms with Crippen molar-refractivity contribution in [2.24, 2.45) is 0 Å². The summed E-state index contributed by atoms with van der Waals surface area (Å²) in [5, 5.41) is 0. The lowest BCUT2D eigenvalue weighted by molar-refractivity contribution is -0.142. The fourth-order valence-electron chi connectivity index (χ4n) is 0.903. The van der Waals surface area contributed by atoms with Crippen LogP contribution in [0.5, 0.6) is 5.75 Å². The van der Waals surface area contributed by atoms with Crippen LogP contribution in [0.4, 0.5) is 4.39 Å². The molecule has 0 unspecified atom stereocenters. The number of benzene rings is 1. The number of esters is 1. The molecule has 0 bridgehead atoms. The summed E-state index contributed by atoms with van der Waals surface area (Å²) in [5.41, 5.74) is 0.206. The maximum absolute atomic E-state index is 13.2. The van der Waals surface area contributed by atoms with Crippen LogP contribution >= 0.6 is 0 Å². The van der Waals surface area contributed by atoms with Crippen molar-refractivity contribution in [1.29, 1.82) is 0 Å². The number of ether oxygens (including phenoxy) is 2. The molecule has 80 valence electrons. The highest BCUT2D eigenvalue weighted by Gasteiger charge is 2.07. The molecule has 4 nitrogen and oxygen atoms in total. The molecule has 0 aliphatic heterocycles. The molecule has 0 spiro atoms. The second-order valence-electron chi connectivity index (χ2n) is 2.67. The van der Waals surface area contributed by atoms with Gasteiger partial charge in [-0.1, -0.05) is 0 Å². The molecule has 0 amide bonds. The lowest BCUT2D eigenvalue weighted by Gasteiger charge is -2.05. The molecule has 0 radical (unpaired) electrons. The first kappa shape index (κ1) is 11.2. The predicted octanol–water partition coefficient (Wildman–Crippen LogP) is 1.19. The summed E-state index contributed by atoms with van der Waals surface area (Å²) in [4.78, 5) is 21.0. The molecule has 0 aliphatic carbocycles. The standard InChI is InChI=1S/C10H9FO4/c1-14-10(13)6-15-9-3-2-7(5-12)4-8(9)11/h2-5H,6H2,1H3. The van der Waals surface area contributed by atoms with E-state index in [2.05, 4.69) is 4.74 Å². The second-order valence-corrected chi connectivity index (χ2v) is 2.67. The lowest BCUT2D eigenvalue weighted by Crippen LogP contribution is -2.13. The monoisotopic (exact) mass is 212 g/mol. The number of rotatable bonds is 4. The van der Waals surface area contributed by atoms with Crippen molar-refractivity contribution in [3.8, 4) is 5.75 Å². The maximum Gasteiger partial charge on any atom is 0.343 e. The lowest BCUT2D eigenvalue weighted by atomic mass is 10.2. The summed E-state index contributed by atoms with van der Waals surface area (Å²) in [5.74, 6) is -1.39. The van der Waals surface area contributed by atoms with Gasteiger partial charge < -0.3 is 9.47 Å². The van der Waals surface area contributed by atoms with E-state index >= 15 is 0 Å². The third-order valence-corrected chi connectivity index (χ3v) is 1.67. The maximum atomic E-state index is 13.2. The number of carbonyl (C=O) groups excluding carboxylic acids is 2. The Hall–Kier alpha value is -1.91. The van der Waals surface area contributed by atoms with Crippen molar-refractivity contribution in [3.05, 3.63) is 29.6 Å². The Kier molecular flexibility index (Phi) is 3.79. The topological polar surface area (TPSA) is 52.6 Å². The largest absolute Gasteiger partial charge is 0.479 e. The fraction of sp³-hybridized carbons (Fsp3) is 0.200. The average molecular weight is 212 g/mol. The van der Waals surface area contributed by atoms with Crippen LogP contribution in [0.2, 0.25) is 0 Å². The Morgan fingerprint density at radius 2 is 2.27 bits per heavy atom. The van der Waals surface area contributed by atoms with E-state index in [1.54, 1.807) is 0 Å². The second kappa shape index (κ2) is 5.09. The van der Waals surface area contributed by atoms with Gasteiger partial charge in [0.1, 0.15) is 6.29 Å². The van der Waals surface area contributed by atoms with Gasteiger partial charge in [-0.15, -0.1) is 0 Å². The minimum Gasteiger partial charge on any atom is -0.479 e. The van der Waals surface area contributed by atoms with Gasteiger partial charge in [0.15, 0.2) is 18.2 Å². The third-order valence-electron chi connectivity index (χ3n) is 1.67. The molecule has 0 atom stereocenters. The van der Waals surface area contributed by atoms with E-state index in [-0.39, 0.29) is 17.9 Å². The highest BCUT2D eigenvalue weighted by atomic mass is 19.1. The van der Waals surface area contributed by atoms with Gasteiger partial charge in [-0.2, -0.15) is 0 Å². The summed E-state index contributed by atoms with van der Waals surface area (Å²) < 4.78 is 22.3. The van der Waals surface area contributed by atoms with Gasteiger partial charge in [-0.25, -0.2) is 9.18 Å². The molecule has 1 aromatic rings. The van der Waals surface area contributed by atoms with Crippen LogP contribution in [0, 0.1) is 5.82 Å². The first-order valence-electron chi connectivity index (χ1n) is 4.11. The minimum atomic E-state index is -0.691. The molecule has 0 heterocycles. The van der Waals surface area contributed by atoms with Crippen LogP contribution in [0.15, 0.2) is 18.2 Å². The van der Waals surface area contributed by atoms with Gasteiger partial charge in [0.25, 0.3) is 0 Å². The van der Waals surface area contributed by atoms with Gasteiger partial charge >= 0.3 is 5.97 Å². The zero-order chi connectivity index (χ0) is 11.3. The van der Waals surface area contributed by atoms with E-state index in [9.17, 15) is 14.0 Å². The SMILES string of the molecule is COC(=O)COc1ccc(C=O)cc1F. The Morgan fingerprint density at radius 3 is 2.80 bits per heavy atom. The van der Waals surface area contributed by atoms with Crippen molar-refractivity contribution in [2.45, 2.75) is 0 Å².